The quantitative estimate of drug-likeness (QED) is 0.761. The van der Waals surface area contributed by atoms with Crippen LogP contribution in [-0.4, -0.2) is 41.5 Å². The van der Waals surface area contributed by atoms with Gasteiger partial charge in [0.05, 0.1) is 6.04 Å². The van der Waals surface area contributed by atoms with Gasteiger partial charge in [-0.05, 0) is 31.9 Å². The van der Waals surface area contributed by atoms with Gasteiger partial charge in [-0.1, -0.05) is 42.7 Å². The van der Waals surface area contributed by atoms with Crippen molar-refractivity contribution in [1.29, 1.82) is 0 Å². The second kappa shape index (κ2) is 5.99. The zero-order valence-corrected chi connectivity index (χ0v) is 12.3. The van der Waals surface area contributed by atoms with E-state index >= 15 is 0 Å². The van der Waals surface area contributed by atoms with E-state index in [9.17, 15) is 0 Å². The van der Waals surface area contributed by atoms with Gasteiger partial charge in [0, 0.05) is 25.2 Å². The van der Waals surface area contributed by atoms with Crippen molar-refractivity contribution >= 4 is 0 Å². The second-order valence-electron chi connectivity index (χ2n) is 6.11. The molecule has 2 heteroatoms. The molecule has 0 bridgehead atoms. The summed E-state index contributed by atoms with van der Waals surface area (Å²) in [6.07, 6.45) is 9.76. The van der Waals surface area contributed by atoms with E-state index in [1.165, 1.54) is 31.4 Å². The van der Waals surface area contributed by atoms with Crippen molar-refractivity contribution in [1.82, 2.24) is 9.80 Å². The minimum Gasteiger partial charge on any atom is -0.297 e. The van der Waals surface area contributed by atoms with Gasteiger partial charge in [0.1, 0.15) is 0 Å². The van der Waals surface area contributed by atoms with Crippen LogP contribution >= 0.6 is 0 Å². The van der Waals surface area contributed by atoms with Gasteiger partial charge in [-0.3, -0.25) is 9.80 Å². The third kappa shape index (κ3) is 2.61. The van der Waals surface area contributed by atoms with Crippen LogP contribution in [0.5, 0.6) is 0 Å². The van der Waals surface area contributed by atoms with Crippen molar-refractivity contribution in [3.63, 3.8) is 0 Å². The van der Waals surface area contributed by atoms with Crippen LogP contribution in [-0.2, 0) is 0 Å². The molecule has 3 rings (SSSR count). The number of terminal acetylenes is 1. The molecular formula is C18H24N2. The molecular weight excluding hydrogens is 244 g/mol. The first-order valence-electron chi connectivity index (χ1n) is 7.80. The van der Waals surface area contributed by atoms with E-state index in [1.807, 2.05) is 0 Å². The van der Waals surface area contributed by atoms with Gasteiger partial charge < -0.3 is 0 Å². The lowest BCUT2D eigenvalue weighted by Crippen LogP contribution is -2.57. The molecule has 0 aliphatic carbocycles. The molecule has 0 spiro atoms. The highest BCUT2D eigenvalue weighted by atomic mass is 15.3. The van der Waals surface area contributed by atoms with Gasteiger partial charge in [-0.2, -0.15) is 0 Å². The van der Waals surface area contributed by atoms with Crippen LogP contribution in [0, 0.1) is 12.3 Å². The minimum atomic E-state index is 0.212. The van der Waals surface area contributed by atoms with E-state index in [1.54, 1.807) is 0 Å². The third-order valence-electron chi connectivity index (χ3n) is 4.90. The monoisotopic (exact) mass is 268 g/mol. The summed E-state index contributed by atoms with van der Waals surface area (Å²) in [7, 11) is 0. The molecule has 1 aromatic rings. The topological polar surface area (TPSA) is 6.48 Å². The Morgan fingerprint density at radius 3 is 2.75 bits per heavy atom. The maximum atomic E-state index is 5.71. The number of piperazine rings is 1. The molecule has 106 valence electrons. The summed E-state index contributed by atoms with van der Waals surface area (Å²) in [5, 5.41) is 0. The maximum Gasteiger partial charge on any atom is 0.0689 e. The Kier molecular flexibility index (Phi) is 4.10. The van der Waals surface area contributed by atoms with Gasteiger partial charge in [-0.15, -0.1) is 6.42 Å². The summed E-state index contributed by atoms with van der Waals surface area (Å²) >= 11 is 0. The van der Waals surface area contributed by atoms with Gasteiger partial charge in [0.25, 0.3) is 0 Å². The highest BCUT2D eigenvalue weighted by molar-refractivity contribution is 5.22. The van der Waals surface area contributed by atoms with Gasteiger partial charge in [-0.25, -0.2) is 0 Å². The number of hydrogen-bond acceptors (Lipinski definition) is 2. The minimum absolute atomic E-state index is 0.212. The van der Waals surface area contributed by atoms with Crippen molar-refractivity contribution in [2.24, 2.45) is 0 Å². The third-order valence-corrected chi connectivity index (χ3v) is 4.90. The molecule has 3 atom stereocenters. The fourth-order valence-corrected chi connectivity index (χ4v) is 3.70. The second-order valence-corrected chi connectivity index (χ2v) is 6.11. The van der Waals surface area contributed by atoms with E-state index in [-0.39, 0.29) is 6.04 Å². The van der Waals surface area contributed by atoms with Gasteiger partial charge >= 0.3 is 0 Å². The Morgan fingerprint density at radius 2 is 2.00 bits per heavy atom. The van der Waals surface area contributed by atoms with E-state index in [4.69, 9.17) is 6.42 Å². The summed E-state index contributed by atoms with van der Waals surface area (Å²) in [5.41, 5.74) is 1.40. The number of rotatable bonds is 2. The van der Waals surface area contributed by atoms with E-state index in [0.29, 0.717) is 12.1 Å². The maximum absolute atomic E-state index is 5.71. The molecule has 0 saturated carbocycles. The molecule has 2 heterocycles. The molecule has 20 heavy (non-hydrogen) atoms. The first kappa shape index (κ1) is 13.7. The van der Waals surface area contributed by atoms with Gasteiger partial charge in [0.2, 0.25) is 0 Å². The van der Waals surface area contributed by atoms with Gasteiger partial charge in [0.15, 0.2) is 0 Å². The Bertz CT molecular complexity index is 476. The molecule has 2 fully saturated rings. The largest absolute Gasteiger partial charge is 0.297 e. The smallest absolute Gasteiger partial charge is 0.0689 e. The molecule has 0 N–H and O–H groups in total. The highest BCUT2D eigenvalue weighted by Crippen LogP contribution is 2.33. The lowest BCUT2D eigenvalue weighted by atomic mass is 9.92. The van der Waals surface area contributed by atoms with Crippen molar-refractivity contribution in [3.8, 4) is 12.3 Å². The number of nitrogens with zero attached hydrogens (tertiary/aromatic N) is 2. The normalized spacial score (nSPS) is 29.4. The molecule has 2 saturated heterocycles. The van der Waals surface area contributed by atoms with Crippen molar-refractivity contribution < 1.29 is 0 Å². The fourth-order valence-electron chi connectivity index (χ4n) is 3.70. The molecule has 0 radical (unpaired) electrons. The average Bonchev–Trinajstić information content (AvgIpc) is 2.53. The highest BCUT2D eigenvalue weighted by Gasteiger charge is 2.37. The van der Waals surface area contributed by atoms with Crippen molar-refractivity contribution in [2.75, 3.05) is 19.6 Å². The lowest BCUT2D eigenvalue weighted by Gasteiger charge is -2.49. The van der Waals surface area contributed by atoms with Crippen LogP contribution in [0.1, 0.15) is 37.8 Å². The van der Waals surface area contributed by atoms with Crippen LogP contribution in [0.4, 0.5) is 0 Å². The van der Waals surface area contributed by atoms with Crippen molar-refractivity contribution in [2.45, 2.75) is 44.3 Å². The zero-order valence-electron chi connectivity index (χ0n) is 12.3. The zero-order chi connectivity index (χ0) is 13.9. The van der Waals surface area contributed by atoms with E-state index in [2.05, 4.69) is 53.0 Å². The number of hydrogen-bond donors (Lipinski definition) is 0. The Balaban J connectivity index is 1.86. The summed E-state index contributed by atoms with van der Waals surface area (Å²) in [5.74, 6) is 2.94. The van der Waals surface area contributed by atoms with E-state index in [0.717, 1.165) is 13.1 Å². The Labute approximate surface area is 122 Å². The van der Waals surface area contributed by atoms with Crippen LogP contribution in [0.2, 0.25) is 0 Å². The van der Waals surface area contributed by atoms with Crippen LogP contribution in [0.15, 0.2) is 30.3 Å². The summed E-state index contributed by atoms with van der Waals surface area (Å²) in [6, 6.07) is 12.2. The predicted octanol–water partition coefficient (Wildman–Crippen LogP) is 2.92. The van der Waals surface area contributed by atoms with Crippen LogP contribution in [0.3, 0.4) is 0 Å². The summed E-state index contributed by atoms with van der Waals surface area (Å²) in [4.78, 5) is 5.21. The molecule has 2 aliphatic rings. The summed E-state index contributed by atoms with van der Waals surface area (Å²) in [6.45, 7) is 5.66. The first-order chi connectivity index (χ1) is 9.79. The predicted molar refractivity (Wildman–Crippen MR) is 83.4 cm³/mol. The lowest BCUT2D eigenvalue weighted by molar-refractivity contribution is -0.000809. The molecule has 3 unspecified atom stereocenters. The number of fused-ring (bicyclic) bond motifs is 1. The molecule has 0 aromatic heterocycles. The van der Waals surface area contributed by atoms with Crippen LogP contribution < -0.4 is 0 Å². The molecule has 0 amide bonds. The Morgan fingerprint density at radius 1 is 1.20 bits per heavy atom. The Hall–Kier alpha value is -1.30. The standard InChI is InChI=1S/C18H24N2/c1-3-15(2)20-13-17-11-7-8-12-19(17)14-18(20)16-9-5-4-6-10-16/h1,4-6,9-10,15,17-18H,7-8,11-14H2,2H3. The average molecular weight is 268 g/mol. The number of piperidine rings is 1. The number of benzene rings is 1. The molecule has 2 nitrogen and oxygen atoms in total. The molecule has 1 aromatic carbocycles. The fraction of sp³-hybridized carbons (Fsp3) is 0.556. The van der Waals surface area contributed by atoms with E-state index < -0.39 is 0 Å². The SMILES string of the molecule is C#CC(C)N1CC2CCCCN2CC1c1ccccc1. The van der Waals surface area contributed by atoms with Crippen LogP contribution in [0.25, 0.3) is 0 Å². The first-order valence-corrected chi connectivity index (χ1v) is 7.80. The summed E-state index contributed by atoms with van der Waals surface area (Å²) < 4.78 is 0. The van der Waals surface area contributed by atoms with Crippen molar-refractivity contribution in [3.05, 3.63) is 35.9 Å². The molecule has 2 aliphatic heterocycles.